The van der Waals surface area contributed by atoms with Gasteiger partial charge in [0.15, 0.2) is 22.4 Å². The minimum Gasteiger partial charge on any atom is -0.505 e. The standard InChI is InChI=1S/C31H34FN9O3S/c1-3-19-14-27(42)23(32)15-22(19)20-5-6-21-25(13-20)37-38-30(21)31-35-24-7-10-41(18-26(24)36-31)45(43,44)29-17-33-28(16-34-29)40-9-4-8-39(2)11-12-40/h5-6,13-17,42H,3-4,7-12,18H2,1-2H3,(H,35,36)(H,37,38). The summed E-state index contributed by atoms with van der Waals surface area (Å²) in [6, 6.07) is 8.49. The third-order valence-corrected chi connectivity index (χ3v) is 10.4. The number of sulfonamides is 1. The second kappa shape index (κ2) is 11.5. The smallest absolute Gasteiger partial charge is 0.262 e. The molecule has 3 aromatic heterocycles. The third-order valence-electron chi connectivity index (χ3n) is 8.71. The van der Waals surface area contributed by atoms with E-state index in [9.17, 15) is 17.9 Å². The second-order valence-electron chi connectivity index (χ2n) is 11.6. The predicted molar refractivity (Wildman–Crippen MR) is 168 cm³/mol. The minimum atomic E-state index is -3.87. The summed E-state index contributed by atoms with van der Waals surface area (Å²) < 4.78 is 42.7. The number of aryl methyl sites for hydroxylation is 1. The Morgan fingerprint density at radius 3 is 2.71 bits per heavy atom. The molecule has 2 aliphatic heterocycles. The van der Waals surface area contributed by atoms with Gasteiger partial charge in [0, 0.05) is 38.0 Å². The fourth-order valence-electron chi connectivity index (χ4n) is 6.13. The molecule has 0 atom stereocenters. The van der Waals surface area contributed by atoms with Gasteiger partial charge in [-0.15, -0.1) is 0 Å². The van der Waals surface area contributed by atoms with Crippen molar-refractivity contribution in [3.63, 3.8) is 0 Å². The number of halogens is 1. The first-order chi connectivity index (χ1) is 21.7. The molecular weight excluding hydrogens is 597 g/mol. The van der Waals surface area contributed by atoms with E-state index < -0.39 is 15.8 Å². The molecule has 0 radical (unpaired) electrons. The first-order valence-corrected chi connectivity index (χ1v) is 16.5. The van der Waals surface area contributed by atoms with Crippen molar-refractivity contribution in [3.8, 4) is 28.4 Å². The number of aromatic amines is 2. The molecule has 45 heavy (non-hydrogen) atoms. The van der Waals surface area contributed by atoms with Gasteiger partial charge in [0.05, 0.1) is 35.8 Å². The Morgan fingerprint density at radius 2 is 1.91 bits per heavy atom. The molecule has 3 N–H and O–H groups in total. The Bertz CT molecular complexity index is 1990. The molecule has 1 fully saturated rings. The number of nitrogens with one attached hydrogen (secondary N) is 2. The number of aromatic nitrogens is 6. The van der Waals surface area contributed by atoms with Crippen LogP contribution in [-0.2, 0) is 29.4 Å². The number of phenols is 1. The third kappa shape index (κ3) is 5.42. The molecule has 0 saturated carbocycles. The lowest BCUT2D eigenvalue weighted by molar-refractivity contribution is 0.360. The minimum absolute atomic E-state index is 0.0739. The number of hydrogen-bond donors (Lipinski definition) is 3. The van der Waals surface area contributed by atoms with Gasteiger partial charge in [0.1, 0.15) is 11.5 Å². The molecule has 234 valence electrons. The highest BCUT2D eigenvalue weighted by molar-refractivity contribution is 7.89. The van der Waals surface area contributed by atoms with Crippen molar-refractivity contribution in [1.29, 1.82) is 0 Å². The molecule has 0 amide bonds. The molecule has 2 aliphatic rings. The highest BCUT2D eigenvalue weighted by atomic mass is 32.2. The quantitative estimate of drug-likeness (QED) is 0.255. The van der Waals surface area contributed by atoms with Gasteiger partial charge in [0.2, 0.25) is 0 Å². The largest absolute Gasteiger partial charge is 0.505 e. The number of H-pyrrole nitrogens is 2. The Hall–Kier alpha value is -4.40. The predicted octanol–water partition coefficient (Wildman–Crippen LogP) is 3.71. The molecule has 1 saturated heterocycles. The van der Waals surface area contributed by atoms with Crippen LogP contribution < -0.4 is 4.90 Å². The molecule has 5 aromatic rings. The van der Waals surface area contributed by atoms with E-state index in [0.29, 0.717) is 41.4 Å². The van der Waals surface area contributed by atoms with Crippen LogP contribution >= 0.6 is 0 Å². The zero-order chi connectivity index (χ0) is 31.3. The van der Waals surface area contributed by atoms with Crippen LogP contribution in [0.5, 0.6) is 5.75 Å². The lowest BCUT2D eigenvalue weighted by atomic mass is 9.96. The van der Waals surface area contributed by atoms with E-state index in [-0.39, 0.29) is 23.9 Å². The zero-order valence-electron chi connectivity index (χ0n) is 25.1. The molecule has 0 spiro atoms. The Morgan fingerprint density at radius 1 is 1.04 bits per heavy atom. The van der Waals surface area contributed by atoms with Gasteiger partial charge in [-0.05, 0) is 67.4 Å². The van der Waals surface area contributed by atoms with Crippen molar-refractivity contribution in [1.82, 2.24) is 39.3 Å². The normalized spacial score (nSPS) is 16.6. The number of phenolic OH excluding ortho intramolecular Hbond substituents is 1. The van der Waals surface area contributed by atoms with Gasteiger partial charge < -0.3 is 19.9 Å². The summed E-state index contributed by atoms with van der Waals surface area (Å²) in [6.45, 7) is 5.96. The van der Waals surface area contributed by atoms with E-state index in [4.69, 9.17) is 4.98 Å². The van der Waals surface area contributed by atoms with E-state index in [1.54, 1.807) is 6.20 Å². The molecule has 2 aromatic carbocycles. The van der Waals surface area contributed by atoms with E-state index >= 15 is 0 Å². The summed E-state index contributed by atoms with van der Waals surface area (Å²) in [5, 5.41) is 18.1. The van der Waals surface area contributed by atoms with Gasteiger partial charge in [-0.2, -0.15) is 9.40 Å². The maximum atomic E-state index is 14.2. The number of likely N-dealkylation sites (N-methyl/N-ethyl adjacent to an activating group) is 1. The summed E-state index contributed by atoms with van der Waals surface area (Å²) in [4.78, 5) is 21.2. The summed E-state index contributed by atoms with van der Waals surface area (Å²) in [5.74, 6) is 0.184. The molecule has 0 aliphatic carbocycles. The van der Waals surface area contributed by atoms with Crippen molar-refractivity contribution >= 4 is 26.7 Å². The first-order valence-electron chi connectivity index (χ1n) is 15.0. The number of aromatic hydroxyl groups is 1. The highest BCUT2D eigenvalue weighted by Gasteiger charge is 2.32. The fraction of sp³-hybridized carbons (Fsp3) is 0.355. The number of hydrogen-bond acceptors (Lipinski definition) is 9. The van der Waals surface area contributed by atoms with E-state index in [1.807, 2.05) is 25.1 Å². The van der Waals surface area contributed by atoms with E-state index in [0.717, 1.165) is 60.3 Å². The number of benzene rings is 2. The molecular formula is C31H34FN9O3S. The first kappa shape index (κ1) is 29.3. The van der Waals surface area contributed by atoms with Crippen molar-refractivity contribution < 1.29 is 17.9 Å². The van der Waals surface area contributed by atoms with Crippen molar-refractivity contribution in [2.75, 3.05) is 44.7 Å². The van der Waals surface area contributed by atoms with Crippen LogP contribution in [0.15, 0.2) is 47.8 Å². The van der Waals surface area contributed by atoms with Gasteiger partial charge in [-0.25, -0.2) is 27.8 Å². The van der Waals surface area contributed by atoms with Crippen LogP contribution in [0.4, 0.5) is 10.2 Å². The van der Waals surface area contributed by atoms with Gasteiger partial charge >= 0.3 is 0 Å². The lowest BCUT2D eigenvalue weighted by Crippen LogP contribution is -2.36. The summed E-state index contributed by atoms with van der Waals surface area (Å²) in [5.41, 5.74) is 5.18. The van der Waals surface area contributed by atoms with Crippen LogP contribution in [0.1, 0.15) is 30.3 Å². The van der Waals surface area contributed by atoms with Crippen molar-refractivity contribution in [2.24, 2.45) is 0 Å². The fourth-order valence-corrected chi connectivity index (χ4v) is 7.40. The molecule has 0 bridgehead atoms. The molecule has 5 heterocycles. The van der Waals surface area contributed by atoms with Crippen LogP contribution in [0.2, 0.25) is 0 Å². The maximum Gasteiger partial charge on any atom is 0.262 e. The Kier molecular flexibility index (Phi) is 7.50. The van der Waals surface area contributed by atoms with E-state index in [1.165, 1.54) is 22.6 Å². The SMILES string of the molecule is CCc1cc(O)c(F)cc1-c1ccc2c(-c3nc4c([nH]3)CN(S(=O)(=O)c3cnc(N5CCCN(C)CC5)cn3)CC4)n[nH]c2c1. The Labute approximate surface area is 260 Å². The van der Waals surface area contributed by atoms with Gasteiger partial charge in [-0.3, -0.25) is 5.10 Å². The van der Waals surface area contributed by atoms with Crippen molar-refractivity contribution in [3.05, 3.63) is 65.5 Å². The van der Waals surface area contributed by atoms with E-state index in [2.05, 4.69) is 42.0 Å². The lowest BCUT2D eigenvalue weighted by Gasteiger charge is -2.25. The van der Waals surface area contributed by atoms with Crippen LogP contribution in [-0.4, -0.2) is 92.6 Å². The number of fused-ring (bicyclic) bond motifs is 2. The summed E-state index contributed by atoms with van der Waals surface area (Å²) in [6.07, 6.45) is 4.99. The second-order valence-corrected chi connectivity index (χ2v) is 13.5. The average Bonchev–Trinajstić information content (AvgIpc) is 3.60. The number of anilines is 1. The maximum absolute atomic E-state index is 14.2. The molecule has 0 unspecified atom stereocenters. The highest BCUT2D eigenvalue weighted by Crippen LogP contribution is 2.34. The molecule has 12 nitrogen and oxygen atoms in total. The van der Waals surface area contributed by atoms with Crippen LogP contribution in [0.25, 0.3) is 33.5 Å². The Balaban J connectivity index is 1.11. The number of imidazole rings is 1. The summed E-state index contributed by atoms with van der Waals surface area (Å²) >= 11 is 0. The van der Waals surface area contributed by atoms with Crippen LogP contribution in [0.3, 0.4) is 0 Å². The van der Waals surface area contributed by atoms with Gasteiger partial charge in [-0.1, -0.05) is 13.0 Å². The molecule has 7 rings (SSSR count). The topological polar surface area (TPSA) is 147 Å². The van der Waals surface area contributed by atoms with Gasteiger partial charge in [0.25, 0.3) is 10.0 Å². The monoisotopic (exact) mass is 631 g/mol. The number of nitrogens with zero attached hydrogens (tertiary/aromatic N) is 7. The zero-order valence-corrected chi connectivity index (χ0v) is 25.9. The summed E-state index contributed by atoms with van der Waals surface area (Å²) in [7, 11) is -1.78. The average molecular weight is 632 g/mol. The van der Waals surface area contributed by atoms with Crippen molar-refractivity contribution in [2.45, 2.75) is 37.8 Å². The molecule has 14 heteroatoms. The number of rotatable bonds is 6. The van der Waals surface area contributed by atoms with Crippen LogP contribution in [0, 0.1) is 5.82 Å².